The Balaban J connectivity index is 1.81. The van der Waals surface area contributed by atoms with Crippen molar-refractivity contribution in [3.05, 3.63) is 38.9 Å². The second kappa shape index (κ2) is 5.40. The lowest BCUT2D eigenvalue weighted by molar-refractivity contribution is -0.170. The van der Waals surface area contributed by atoms with Crippen molar-refractivity contribution >= 4 is 34.4 Å². The van der Waals surface area contributed by atoms with Crippen molar-refractivity contribution in [3.8, 4) is 0 Å². The first-order chi connectivity index (χ1) is 11.0. The number of aromatic amines is 2. The molecule has 0 atom stereocenters. The molecule has 0 saturated carbocycles. The Morgan fingerprint density at radius 1 is 1.00 bits per heavy atom. The Kier molecular flexibility index (Phi) is 3.41. The van der Waals surface area contributed by atoms with E-state index in [1.807, 2.05) is 0 Å². The summed E-state index contributed by atoms with van der Waals surface area (Å²) in [6.45, 7) is 0. The second-order valence-corrected chi connectivity index (χ2v) is 4.75. The monoisotopic (exact) mass is 318 g/mol. The minimum Gasteiger partial charge on any atom is -0.311 e. The van der Waals surface area contributed by atoms with Crippen molar-refractivity contribution < 1.29 is 19.2 Å². The van der Waals surface area contributed by atoms with E-state index in [9.17, 15) is 24.0 Å². The quantitative estimate of drug-likeness (QED) is 0.656. The summed E-state index contributed by atoms with van der Waals surface area (Å²) < 4.78 is 0. The van der Waals surface area contributed by atoms with Crippen LogP contribution in [0.4, 0.5) is 10.5 Å². The van der Waals surface area contributed by atoms with Crippen LogP contribution in [0.3, 0.4) is 0 Å². The Hall–Kier alpha value is -3.43. The van der Waals surface area contributed by atoms with E-state index in [1.54, 1.807) is 0 Å². The summed E-state index contributed by atoms with van der Waals surface area (Å²) in [5.41, 5.74) is -0.860. The third-order valence-electron chi connectivity index (χ3n) is 3.22. The van der Waals surface area contributed by atoms with E-state index in [1.165, 1.54) is 18.2 Å². The lowest BCUT2D eigenvalue weighted by Crippen LogP contribution is -2.33. The molecule has 1 saturated heterocycles. The Morgan fingerprint density at radius 3 is 2.26 bits per heavy atom. The van der Waals surface area contributed by atoms with Crippen molar-refractivity contribution in [2.45, 2.75) is 12.8 Å². The van der Waals surface area contributed by atoms with Crippen molar-refractivity contribution in [1.29, 1.82) is 0 Å². The SMILES string of the molecule is O=C(Nc1ccc2c(=O)[nH][nH]c(=O)c2c1)ON1C(=O)CCC1=O. The molecule has 3 N–H and O–H groups in total. The average Bonchev–Trinajstić information content (AvgIpc) is 2.83. The number of carbonyl (C=O) groups excluding carboxylic acids is 3. The number of nitrogens with one attached hydrogen (secondary N) is 3. The van der Waals surface area contributed by atoms with E-state index >= 15 is 0 Å². The number of hydrogen-bond acceptors (Lipinski definition) is 6. The summed E-state index contributed by atoms with van der Waals surface area (Å²) >= 11 is 0. The normalized spacial score (nSPS) is 14.3. The van der Waals surface area contributed by atoms with Crippen LogP contribution >= 0.6 is 0 Å². The molecule has 1 aliphatic rings. The zero-order chi connectivity index (χ0) is 16.6. The number of nitrogens with zero attached hydrogens (tertiary/aromatic N) is 1. The molecule has 0 bridgehead atoms. The van der Waals surface area contributed by atoms with Gasteiger partial charge in [0.25, 0.3) is 22.9 Å². The van der Waals surface area contributed by atoms with Crippen LogP contribution in [-0.4, -0.2) is 33.2 Å². The molecule has 0 spiro atoms. The molecule has 0 aliphatic carbocycles. The molecule has 23 heavy (non-hydrogen) atoms. The van der Waals surface area contributed by atoms with Gasteiger partial charge in [-0.1, -0.05) is 0 Å². The molecular weight excluding hydrogens is 308 g/mol. The highest BCUT2D eigenvalue weighted by molar-refractivity contribution is 6.02. The highest BCUT2D eigenvalue weighted by atomic mass is 16.7. The number of hydroxylamine groups is 2. The van der Waals surface area contributed by atoms with E-state index in [2.05, 4.69) is 20.4 Å². The van der Waals surface area contributed by atoms with Gasteiger partial charge in [-0.05, 0) is 18.2 Å². The van der Waals surface area contributed by atoms with Crippen LogP contribution in [0.1, 0.15) is 12.8 Å². The molecule has 3 amide bonds. The number of aromatic nitrogens is 2. The number of imide groups is 1. The van der Waals surface area contributed by atoms with Crippen molar-refractivity contribution in [1.82, 2.24) is 15.3 Å². The summed E-state index contributed by atoms with van der Waals surface area (Å²) in [6, 6.07) is 4.01. The zero-order valence-electron chi connectivity index (χ0n) is 11.5. The van der Waals surface area contributed by atoms with Gasteiger partial charge >= 0.3 is 6.09 Å². The number of hydrogen-bond donors (Lipinski definition) is 3. The van der Waals surface area contributed by atoms with E-state index in [4.69, 9.17) is 0 Å². The Labute approximate surface area is 127 Å². The van der Waals surface area contributed by atoms with Gasteiger partial charge in [-0.2, -0.15) is 0 Å². The zero-order valence-corrected chi connectivity index (χ0v) is 11.5. The summed E-state index contributed by atoms with van der Waals surface area (Å²) in [7, 11) is 0. The molecule has 0 unspecified atom stereocenters. The fourth-order valence-corrected chi connectivity index (χ4v) is 2.14. The van der Waals surface area contributed by atoms with Crippen LogP contribution in [0, 0.1) is 0 Å². The van der Waals surface area contributed by atoms with Gasteiger partial charge in [0, 0.05) is 18.5 Å². The van der Waals surface area contributed by atoms with Crippen LogP contribution in [0.25, 0.3) is 10.8 Å². The highest BCUT2D eigenvalue weighted by Gasteiger charge is 2.32. The number of anilines is 1. The second-order valence-electron chi connectivity index (χ2n) is 4.75. The summed E-state index contributed by atoms with van der Waals surface area (Å²) in [5, 5.41) is 7.23. The molecule has 2 heterocycles. The van der Waals surface area contributed by atoms with Crippen molar-refractivity contribution in [2.24, 2.45) is 0 Å². The van der Waals surface area contributed by atoms with Crippen LogP contribution < -0.4 is 16.4 Å². The van der Waals surface area contributed by atoms with E-state index in [0.717, 1.165) is 0 Å². The van der Waals surface area contributed by atoms with Gasteiger partial charge in [-0.3, -0.25) is 34.7 Å². The van der Waals surface area contributed by atoms with Gasteiger partial charge < -0.3 is 4.84 Å². The van der Waals surface area contributed by atoms with E-state index < -0.39 is 29.0 Å². The molecule has 10 heteroatoms. The van der Waals surface area contributed by atoms with Gasteiger partial charge in [-0.15, -0.1) is 5.06 Å². The minimum atomic E-state index is -1.06. The first-order valence-electron chi connectivity index (χ1n) is 6.55. The van der Waals surface area contributed by atoms with Crippen LogP contribution in [0.2, 0.25) is 0 Å². The van der Waals surface area contributed by atoms with Crippen LogP contribution in [0.15, 0.2) is 27.8 Å². The molecular formula is C13H10N4O6. The molecule has 1 aromatic carbocycles. The summed E-state index contributed by atoms with van der Waals surface area (Å²) in [4.78, 5) is 62.3. The minimum absolute atomic E-state index is 0.0136. The lowest BCUT2D eigenvalue weighted by Gasteiger charge is -2.13. The first-order valence-corrected chi connectivity index (χ1v) is 6.55. The fourth-order valence-electron chi connectivity index (χ4n) is 2.14. The molecule has 118 valence electrons. The third-order valence-corrected chi connectivity index (χ3v) is 3.22. The number of H-pyrrole nitrogens is 2. The molecule has 1 aliphatic heterocycles. The Morgan fingerprint density at radius 2 is 1.61 bits per heavy atom. The summed E-state index contributed by atoms with van der Waals surface area (Å²) in [5.74, 6) is -1.21. The molecule has 1 fully saturated rings. The number of carbonyl (C=O) groups is 3. The largest absolute Gasteiger partial charge is 0.436 e. The van der Waals surface area contributed by atoms with Crippen molar-refractivity contribution in [3.63, 3.8) is 0 Å². The topological polar surface area (TPSA) is 141 Å². The van der Waals surface area contributed by atoms with Crippen molar-refractivity contribution in [2.75, 3.05) is 5.32 Å². The standard InChI is InChI=1S/C13H10N4O6/c18-9-3-4-10(19)17(9)23-13(22)14-6-1-2-7-8(5-6)12(21)16-15-11(7)20/h1-2,5H,3-4H2,(H,14,22)(H,15,20)(H,16,21). The van der Waals surface area contributed by atoms with E-state index in [-0.39, 0.29) is 29.3 Å². The molecule has 3 rings (SSSR count). The fraction of sp³-hybridized carbons (Fsp3) is 0.154. The Bertz CT molecular complexity index is 927. The van der Waals surface area contributed by atoms with Gasteiger partial charge in [0.05, 0.1) is 10.8 Å². The number of rotatable bonds is 2. The molecule has 2 aromatic rings. The summed E-state index contributed by atoms with van der Waals surface area (Å²) in [6.07, 6.45) is -1.09. The molecule has 0 radical (unpaired) electrons. The lowest BCUT2D eigenvalue weighted by atomic mass is 10.2. The predicted molar refractivity (Wildman–Crippen MR) is 76.4 cm³/mol. The van der Waals surface area contributed by atoms with Gasteiger partial charge in [-0.25, -0.2) is 4.79 Å². The highest BCUT2D eigenvalue weighted by Crippen LogP contribution is 2.15. The smallest absolute Gasteiger partial charge is 0.311 e. The third kappa shape index (κ3) is 2.69. The van der Waals surface area contributed by atoms with Crippen LogP contribution in [-0.2, 0) is 14.4 Å². The van der Waals surface area contributed by atoms with Crippen LogP contribution in [0.5, 0.6) is 0 Å². The van der Waals surface area contributed by atoms with Gasteiger partial charge in [0.2, 0.25) is 0 Å². The number of fused-ring (bicyclic) bond motifs is 1. The molecule has 1 aromatic heterocycles. The number of amides is 3. The number of benzene rings is 1. The van der Waals surface area contributed by atoms with Gasteiger partial charge in [0.15, 0.2) is 0 Å². The maximum absolute atomic E-state index is 11.7. The average molecular weight is 318 g/mol. The first kappa shape index (κ1) is 14.5. The maximum Gasteiger partial charge on any atom is 0.436 e. The van der Waals surface area contributed by atoms with Gasteiger partial charge in [0.1, 0.15) is 0 Å². The predicted octanol–water partition coefficient (Wildman–Crippen LogP) is -0.171. The maximum atomic E-state index is 11.7. The molecule has 10 nitrogen and oxygen atoms in total. The van der Waals surface area contributed by atoms with E-state index in [0.29, 0.717) is 5.06 Å².